The highest BCUT2D eigenvalue weighted by Crippen LogP contribution is 2.28. The van der Waals surface area contributed by atoms with Gasteiger partial charge in [-0.25, -0.2) is 9.78 Å². The van der Waals surface area contributed by atoms with E-state index >= 15 is 0 Å². The lowest BCUT2D eigenvalue weighted by Crippen LogP contribution is -2.48. The molecule has 1 saturated carbocycles. The molecule has 1 aromatic carbocycles. The van der Waals surface area contributed by atoms with Gasteiger partial charge in [0.25, 0.3) is 5.91 Å². The lowest BCUT2D eigenvalue weighted by molar-refractivity contribution is 0.0995. The highest BCUT2D eigenvalue weighted by Gasteiger charge is 2.27. The lowest BCUT2D eigenvalue weighted by Gasteiger charge is -2.32. The molecule has 6 N–H and O–H groups in total. The summed E-state index contributed by atoms with van der Waals surface area (Å²) in [7, 11) is 1.90. The van der Waals surface area contributed by atoms with Crippen molar-refractivity contribution in [1.29, 1.82) is 0 Å². The van der Waals surface area contributed by atoms with Crippen molar-refractivity contribution in [3.05, 3.63) is 36.3 Å². The first-order chi connectivity index (χ1) is 14.9. The number of primary amides is 1. The van der Waals surface area contributed by atoms with Gasteiger partial charge in [-0.15, -0.1) is 10.2 Å². The fourth-order valence-electron chi connectivity index (χ4n) is 3.97. The number of rotatable bonds is 6. The maximum atomic E-state index is 11.9. The molecular weight excluding hydrogens is 400 g/mol. The van der Waals surface area contributed by atoms with Crippen LogP contribution in [0.15, 0.2) is 30.6 Å². The first-order valence-electron chi connectivity index (χ1n) is 10.0. The van der Waals surface area contributed by atoms with Gasteiger partial charge in [-0.1, -0.05) is 18.9 Å². The normalized spacial score (nSPS) is 18.5. The Kier molecular flexibility index (Phi) is 5.56. The van der Waals surface area contributed by atoms with Crippen LogP contribution in [0.2, 0.25) is 0 Å². The number of aromatic nitrogens is 4. The standard InChI is InChI=1S/C20H24N8O3/c1-28-10-22-17-13(7-4-8-15(17)28)23-14-9-16(26-27-18(14)19(21)29)24-11-5-2-3-6-12(11)25-20(30)31/h4,7-12,25H,2-3,5-6H2,1H3,(H2,21,29)(H,30,31)(H2,23,24,26). The van der Waals surface area contributed by atoms with Crippen molar-refractivity contribution in [3.63, 3.8) is 0 Å². The van der Waals surface area contributed by atoms with E-state index in [-0.39, 0.29) is 17.8 Å². The Balaban J connectivity index is 1.63. The van der Waals surface area contributed by atoms with Crippen LogP contribution in [0.1, 0.15) is 36.2 Å². The van der Waals surface area contributed by atoms with Gasteiger partial charge in [0.05, 0.1) is 29.3 Å². The van der Waals surface area contributed by atoms with Gasteiger partial charge in [-0.05, 0) is 25.0 Å². The van der Waals surface area contributed by atoms with Crippen LogP contribution < -0.4 is 21.7 Å². The summed E-state index contributed by atoms with van der Waals surface area (Å²) >= 11 is 0. The molecule has 11 nitrogen and oxygen atoms in total. The number of carbonyl (C=O) groups excluding carboxylic acids is 1. The van der Waals surface area contributed by atoms with Crippen LogP contribution in [0, 0.1) is 0 Å². The predicted octanol–water partition coefficient (Wildman–Crippen LogP) is 2.20. The van der Waals surface area contributed by atoms with E-state index in [1.165, 1.54) is 0 Å². The van der Waals surface area contributed by atoms with Gasteiger partial charge in [0.1, 0.15) is 5.52 Å². The van der Waals surface area contributed by atoms with Crippen LogP contribution in [0.5, 0.6) is 0 Å². The number of benzene rings is 1. The molecule has 2 unspecified atom stereocenters. The molecule has 4 rings (SSSR count). The van der Waals surface area contributed by atoms with Crippen LogP contribution in [0.25, 0.3) is 11.0 Å². The predicted molar refractivity (Wildman–Crippen MR) is 115 cm³/mol. The second kappa shape index (κ2) is 8.46. The number of carboxylic acid groups (broad SMARTS) is 1. The maximum absolute atomic E-state index is 11.9. The Hall–Kier alpha value is -3.89. The van der Waals surface area contributed by atoms with Crippen molar-refractivity contribution < 1.29 is 14.7 Å². The fraction of sp³-hybridized carbons (Fsp3) is 0.350. The van der Waals surface area contributed by atoms with Crippen LogP contribution in [-0.2, 0) is 7.05 Å². The zero-order valence-electron chi connectivity index (χ0n) is 17.0. The maximum Gasteiger partial charge on any atom is 0.404 e. The van der Waals surface area contributed by atoms with Gasteiger partial charge >= 0.3 is 6.09 Å². The molecule has 162 valence electrons. The SMILES string of the molecule is Cn1cnc2c(Nc3cc(NC4CCCCC4NC(=O)O)nnc3C(N)=O)cccc21. The van der Waals surface area contributed by atoms with E-state index in [1.807, 2.05) is 29.8 Å². The van der Waals surface area contributed by atoms with Crippen molar-refractivity contribution in [2.24, 2.45) is 12.8 Å². The Bertz CT molecular complexity index is 1130. The van der Waals surface area contributed by atoms with Gasteiger partial charge in [0, 0.05) is 19.2 Å². The number of nitrogens with two attached hydrogens (primary N) is 1. The third-order valence-electron chi connectivity index (χ3n) is 5.46. The van der Waals surface area contributed by atoms with Crippen molar-refractivity contribution in [3.8, 4) is 0 Å². The second-order valence-corrected chi connectivity index (χ2v) is 7.60. The van der Waals surface area contributed by atoms with Crippen molar-refractivity contribution in [2.75, 3.05) is 10.6 Å². The third-order valence-corrected chi connectivity index (χ3v) is 5.46. The Morgan fingerprint density at radius 3 is 2.68 bits per heavy atom. The quantitative estimate of drug-likeness (QED) is 0.402. The summed E-state index contributed by atoms with van der Waals surface area (Å²) in [6.07, 6.45) is 4.12. The molecule has 1 fully saturated rings. The molecule has 0 aliphatic heterocycles. The molecule has 0 radical (unpaired) electrons. The smallest absolute Gasteiger partial charge is 0.404 e. The lowest BCUT2D eigenvalue weighted by atomic mass is 9.90. The van der Waals surface area contributed by atoms with Crippen molar-refractivity contribution in [2.45, 2.75) is 37.8 Å². The minimum atomic E-state index is -1.06. The number of nitrogens with zero attached hydrogens (tertiary/aromatic N) is 4. The number of imidazole rings is 1. The number of anilines is 3. The summed E-state index contributed by atoms with van der Waals surface area (Å²) in [5.41, 5.74) is 8.26. The number of nitrogens with one attached hydrogen (secondary N) is 3. The van der Waals surface area contributed by atoms with E-state index in [0.717, 1.165) is 36.7 Å². The number of amides is 2. The Morgan fingerprint density at radius 1 is 1.16 bits per heavy atom. The highest BCUT2D eigenvalue weighted by atomic mass is 16.4. The number of aryl methyl sites for hydroxylation is 1. The minimum Gasteiger partial charge on any atom is -0.465 e. The van der Waals surface area contributed by atoms with Gasteiger partial charge in [-0.2, -0.15) is 0 Å². The topological polar surface area (TPSA) is 160 Å². The molecule has 0 bridgehead atoms. The van der Waals surface area contributed by atoms with Crippen LogP contribution in [0.4, 0.5) is 22.0 Å². The fourth-order valence-corrected chi connectivity index (χ4v) is 3.97. The molecule has 1 aliphatic rings. The van der Waals surface area contributed by atoms with E-state index in [9.17, 15) is 9.59 Å². The molecule has 11 heteroatoms. The zero-order valence-corrected chi connectivity index (χ0v) is 17.0. The van der Waals surface area contributed by atoms with Crippen LogP contribution in [-0.4, -0.2) is 48.9 Å². The number of fused-ring (bicyclic) bond motifs is 1. The number of carbonyl (C=O) groups is 2. The van der Waals surface area contributed by atoms with E-state index in [4.69, 9.17) is 10.8 Å². The monoisotopic (exact) mass is 424 g/mol. The Labute approximate surface area is 178 Å². The first-order valence-corrected chi connectivity index (χ1v) is 10.0. The van der Waals surface area contributed by atoms with E-state index < -0.39 is 12.0 Å². The molecule has 0 spiro atoms. The Morgan fingerprint density at radius 2 is 1.94 bits per heavy atom. The van der Waals surface area contributed by atoms with Crippen molar-refractivity contribution in [1.82, 2.24) is 25.1 Å². The van der Waals surface area contributed by atoms with E-state index in [1.54, 1.807) is 12.4 Å². The molecule has 31 heavy (non-hydrogen) atoms. The summed E-state index contributed by atoms with van der Waals surface area (Å²) in [5, 5.41) is 26.2. The molecular formula is C20H24N8O3. The highest BCUT2D eigenvalue weighted by molar-refractivity contribution is 5.99. The summed E-state index contributed by atoms with van der Waals surface area (Å²) in [6.45, 7) is 0. The molecule has 2 aromatic heterocycles. The van der Waals surface area contributed by atoms with Crippen LogP contribution >= 0.6 is 0 Å². The minimum absolute atomic E-state index is 0.00217. The summed E-state index contributed by atoms with van der Waals surface area (Å²) < 4.78 is 1.89. The largest absolute Gasteiger partial charge is 0.465 e. The molecule has 2 atom stereocenters. The molecule has 3 aromatic rings. The van der Waals surface area contributed by atoms with E-state index in [0.29, 0.717) is 17.2 Å². The summed E-state index contributed by atoms with van der Waals surface area (Å²) in [5.74, 6) is -0.289. The number of para-hydroxylation sites is 1. The average Bonchev–Trinajstić information content (AvgIpc) is 3.11. The van der Waals surface area contributed by atoms with Crippen LogP contribution in [0.3, 0.4) is 0 Å². The first kappa shape index (κ1) is 20.4. The van der Waals surface area contributed by atoms with E-state index in [2.05, 4.69) is 31.1 Å². The molecule has 2 heterocycles. The number of hydrogen-bond donors (Lipinski definition) is 5. The van der Waals surface area contributed by atoms with Gasteiger partial charge < -0.3 is 31.4 Å². The van der Waals surface area contributed by atoms with Gasteiger partial charge in [0.2, 0.25) is 0 Å². The summed E-state index contributed by atoms with van der Waals surface area (Å²) in [4.78, 5) is 27.4. The molecule has 2 amide bonds. The zero-order chi connectivity index (χ0) is 22.0. The number of hydrogen-bond acceptors (Lipinski definition) is 7. The molecule has 0 saturated heterocycles. The average molecular weight is 424 g/mol. The van der Waals surface area contributed by atoms with Crippen molar-refractivity contribution >= 4 is 40.2 Å². The van der Waals surface area contributed by atoms with Gasteiger partial charge in [0.15, 0.2) is 11.5 Å². The third kappa shape index (κ3) is 4.34. The van der Waals surface area contributed by atoms with Gasteiger partial charge in [-0.3, -0.25) is 4.79 Å². The summed E-state index contributed by atoms with van der Waals surface area (Å²) in [6, 6.07) is 6.96. The molecule has 1 aliphatic carbocycles. The second-order valence-electron chi connectivity index (χ2n) is 7.60.